The van der Waals surface area contributed by atoms with Gasteiger partial charge >= 0.3 is 5.97 Å². The maximum absolute atomic E-state index is 12.4. The molecule has 1 heterocycles. The summed E-state index contributed by atoms with van der Waals surface area (Å²) < 4.78 is 37.9. The predicted molar refractivity (Wildman–Crippen MR) is 81.6 cm³/mol. The van der Waals surface area contributed by atoms with E-state index in [1.54, 1.807) is 12.1 Å². The molecule has 0 saturated heterocycles. The Morgan fingerprint density at radius 3 is 2.52 bits per heavy atom. The molecule has 2 aromatic rings. The maximum Gasteiger partial charge on any atom is 0.335 e. The molecule has 1 aliphatic heterocycles. The Morgan fingerprint density at radius 1 is 1.04 bits per heavy atom. The van der Waals surface area contributed by atoms with Crippen molar-refractivity contribution in [3.8, 4) is 11.5 Å². The van der Waals surface area contributed by atoms with Crippen LogP contribution in [0.3, 0.4) is 0 Å². The number of hydrogen-bond donors (Lipinski definition) is 2. The lowest BCUT2D eigenvalue weighted by molar-refractivity contribution is 0.0696. The van der Waals surface area contributed by atoms with E-state index in [9.17, 15) is 13.2 Å². The van der Waals surface area contributed by atoms with Crippen LogP contribution in [0.4, 0.5) is 5.69 Å². The average Bonchev–Trinajstić information content (AvgIpc) is 2.54. The van der Waals surface area contributed by atoms with Crippen molar-refractivity contribution in [2.45, 2.75) is 4.90 Å². The zero-order valence-corrected chi connectivity index (χ0v) is 12.7. The number of carbonyl (C=O) groups is 1. The van der Waals surface area contributed by atoms with E-state index in [1.807, 2.05) is 0 Å². The smallest absolute Gasteiger partial charge is 0.335 e. The molecule has 8 heteroatoms. The summed E-state index contributed by atoms with van der Waals surface area (Å²) in [4.78, 5) is 10.8. The molecule has 2 aromatic carbocycles. The van der Waals surface area contributed by atoms with Crippen molar-refractivity contribution < 1.29 is 27.8 Å². The Morgan fingerprint density at radius 2 is 1.78 bits per heavy atom. The van der Waals surface area contributed by atoms with Crippen molar-refractivity contribution in [3.05, 3.63) is 48.0 Å². The van der Waals surface area contributed by atoms with Gasteiger partial charge in [-0.3, -0.25) is 4.72 Å². The Labute approximate surface area is 132 Å². The number of hydrogen-bond acceptors (Lipinski definition) is 5. The van der Waals surface area contributed by atoms with E-state index in [-0.39, 0.29) is 10.5 Å². The number of ether oxygens (including phenoxy) is 2. The predicted octanol–water partition coefficient (Wildman–Crippen LogP) is 1.96. The SMILES string of the molecule is O=C(O)c1cccc(S(=O)(=O)Nc2ccc3c(c2)OCCO3)c1. The van der Waals surface area contributed by atoms with Crippen molar-refractivity contribution >= 4 is 21.7 Å². The van der Waals surface area contributed by atoms with E-state index in [2.05, 4.69) is 4.72 Å². The van der Waals surface area contributed by atoms with Gasteiger partial charge in [0.25, 0.3) is 10.0 Å². The second-order valence-corrected chi connectivity index (χ2v) is 6.48. The molecule has 7 nitrogen and oxygen atoms in total. The van der Waals surface area contributed by atoms with Gasteiger partial charge in [0.15, 0.2) is 11.5 Å². The van der Waals surface area contributed by atoms with Gasteiger partial charge in [0.1, 0.15) is 13.2 Å². The minimum absolute atomic E-state index is 0.102. The lowest BCUT2D eigenvalue weighted by Crippen LogP contribution is -2.17. The Hall–Kier alpha value is -2.74. The van der Waals surface area contributed by atoms with E-state index in [0.717, 1.165) is 6.07 Å². The third kappa shape index (κ3) is 3.21. The number of rotatable bonds is 4. The second kappa shape index (κ2) is 5.81. The number of benzene rings is 2. The normalized spacial score (nSPS) is 13.4. The van der Waals surface area contributed by atoms with Crippen molar-refractivity contribution in [1.29, 1.82) is 0 Å². The number of aromatic carboxylic acids is 1. The Balaban J connectivity index is 1.89. The van der Waals surface area contributed by atoms with Crippen molar-refractivity contribution in [2.24, 2.45) is 0 Å². The minimum Gasteiger partial charge on any atom is -0.486 e. The van der Waals surface area contributed by atoms with Crippen LogP contribution in [0.15, 0.2) is 47.4 Å². The number of anilines is 1. The Kier molecular flexibility index (Phi) is 3.83. The number of fused-ring (bicyclic) bond motifs is 1. The molecule has 0 aliphatic carbocycles. The molecule has 0 fully saturated rings. The molecule has 0 unspecified atom stereocenters. The fourth-order valence-corrected chi connectivity index (χ4v) is 3.21. The molecule has 0 aromatic heterocycles. The first-order valence-corrected chi connectivity index (χ1v) is 8.20. The first-order valence-electron chi connectivity index (χ1n) is 6.71. The van der Waals surface area contributed by atoms with E-state index in [0.29, 0.717) is 30.4 Å². The lowest BCUT2D eigenvalue weighted by Gasteiger charge is -2.19. The van der Waals surface area contributed by atoms with Crippen LogP contribution in [0.25, 0.3) is 0 Å². The number of carboxylic acid groups (broad SMARTS) is 1. The van der Waals surface area contributed by atoms with Gasteiger partial charge in [0.05, 0.1) is 16.1 Å². The second-order valence-electron chi connectivity index (χ2n) is 4.80. The summed E-state index contributed by atoms with van der Waals surface area (Å²) in [5.41, 5.74) is 0.199. The van der Waals surface area contributed by atoms with E-state index >= 15 is 0 Å². The number of nitrogens with one attached hydrogen (secondary N) is 1. The molecular weight excluding hydrogens is 322 g/mol. The molecule has 23 heavy (non-hydrogen) atoms. The van der Waals surface area contributed by atoms with Crippen LogP contribution in [0.5, 0.6) is 11.5 Å². The maximum atomic E-state index is 12.4. The monoisotopic (exact) mass is 335 g/mol. The molecule has 0 bridgehead atoms. The van der Waals surface area contributed by atoms with Crippen LogP contribution in [0.1, 0.15) is 10.4 Å². The summed E-state index contributed by atoms with van der Waals surface area (Å²) in [5, 5.41) is 8.95. The fourth-order valence-electron chi connectivity index (χ4n) is 2.12. The highest BCUT2D eigenvalue weighted by Crippen LogP contribution is 2.33. The number of sulfonamides is 1. The molecule has 2 N–H and O–H groups in total. The standard InChI is InChI=1S/C15H13NO6S/c17-15(18)10-2-1-3-12(8-10)23(19,20)16-11-4-5-13-14(9-11)22-7-6-21-13/h1-5,8-9,16H,6-7H2,(H,17,18). The highest BCUT2D eigenvalue weighted by molar-refractivity contribution is 7.92. The van der Waals surface area contributed by atoms with Crippen LogP contribution in [-0.4, -0.2) is 32.7 Å². The third-order valence-electron chi connectivity index (χ3n) is 3.19. The van der Waals surface area contributed by atoms with E-state index in [1.165, 1.54) is 24.3 Å². The van der Waals surface area contributed by atoms with Crippen LogP contribution in [-0.2, 0) is 10.0 Å². The van der Waals surface area contributed by atoms with Crippen molar-refractivity contribution in [2.75, 3.05) is 17.9 Å². The van der Waals surface area contributed by atoms with E-state index in [4.69, 9.17) is 14.6 Å². The van der Waals surface area contributed by atoms with Gasteiger partial charge in [-0.2, -0.15) is 0 Å². The average molecular weight is 335 g/mol. The summed E-state index contributed by atoms with van der Waals surface area (Å²) >= 11 is 0. The van der Waals surface area contributed by atoms with E-state index < -0.39 is 16.0 Å². The number of carboxylic acids is 1. The van der Waals surface area contributed by atoms with Crippen molar-refractivity contribution in [1.82, 2.24) is 0 Å². The summed E-state index contributed by atoms with van der Waals surface area (Å²) in [6, 6.07) is 9.81. The lowest BCUT2D eigenvalue weighted by atomic mass is 10.2. The molecule has 0 atom stereocenters. The van der Waals surface area contributed by atoms with Crippen LogP contribution in [0.2, 0.25) is 0 Å². The highest BCUT2D eigenvalue weighted by Gasteiger charge is 2.18. The van der Waals surface area contributed by atoms with Gasteiger partial charge in [0, 0.05) is 6.07 Å². The molecular formula is C15H13NO6S. The molecule has 0 radical (unpaired) electrons. The quantitative estimate of drug-likeness (QED) is 0.885. The van der Waals surface area contributed by atoms with Gasteiger partial charge in [-0.1, -0.05) is 6.07 Å². The van der Waals surface area contributed by atoms with Crippen LogP contribution in [0, 0.1) is 0 Å². The molecule has 120 valence electrons. The van der Waals surface area contributed by atoms with Gasteiger partial charge in [-0.25, -0.2) is 13.2 Å². The zero-order valence-electron chi connectivity index (χ0n) is 11.9. The minimum atomic E-state index is -3.91. The fraction of sp³-hybridized carbons (Fsp3) is 0.133. The summed E-state index contributed by atoms with van der Waals surface area (Å²) in [6.45, 7) is 0.837. The van der Waals surface area contributed by atoms with Gasteiger partial charge in [-0.15, -0.1) is 0 Å². The van der Waals surface area contributed by atoms with Crippen LogP contribution < -0.4 is 14.2 Å². The van der Waals surface area contributed by atoms with Gasteiger partial charge in [0.2, 0.25) is 0 Å². The van der Waals surface area contributed by atoms with Crippen LogP contribution >= 0.6 is 0 Å². The molecule has 1 aliphatic rings. The molecule has 3 rings (SSSR count). The summed E-state index contributed by atoms with van der Waals surface area (Å²) in [5.74, 6) is -0.191. The molecule has 0 spiro atoms. The molecule has 0 amide bonds. The topological polar surface area (TPSA) is 102 Å². The third-order valence-corrected chi connectivity index (χ3v) is 4.56. The van der Waals surface area contributed by atoms with Gasteiger partial charge in [-0.05, 0) is 30.3 Å². The molecule has 0 saturated carbocycles. The largest absolute Gasteiger partial charge is 0.486 e. The summed E-state index contributed by atoms with van der Waals surface area (Å²) in [7, 11) is -3.91. The van der Waals surface area contributed by atoms with Crippen molar-refractivity contribution in [3.63, 3.8) is 0 Å². The van der Waals surface area contributed by atoms with Gasteiger partial charge < -0.3 is 14.6 Å². The Bertz CT molecular complexity index is 862. The highest BCUT2D eigenvalue weighted by atomic mass is 32.2. The first-order chi connectivity index (χ1) is 11.0. The summed E-state index contributed by atoms with van der Waals surface area (Å²) in [6.07, 6.45) is 0. The first kappa shape index (κ1) is 15.2. The zero-order chi connectivity index (χ0) is 16.4.